The Morgan fingerprint density at radius 3 is 2.26 bits per heavy atom. The largest absolute Gasteiger partial charge is 0.497 e. The van der Waals surface area contributed by atoms with E-state index in [1.165, 1.54) is 29.1 Å². The lowest BCUT2D eigenvalue weighted by Crippen LogP contribution is -2.39. The highest BCUT2D eigenvalue weighted by Gasteiger charge is 2.26. The second-order valence-corrected chi connectivity index (χ2v) is 12.0. The molecule has 0 atom stereocenters. The molecule has 0 radical (unpaired) electrons. The van der Waals surface area contributed by atoms with Gasteiger partial charge in [0.2, 0.25) is 6.41 Å². The van der Waals surface area contributed by atoms with Gasteiger partial charge in [-0.15, -0.1) is 11.3 Å². The topological polar surface area (TPSA) is 85.6 Å². The summed E-state index contributed by atoms with van der Waals surface area (Å²) < 4.78 is 37.7. The van der Waals surface area contributed by atoms with Crippen molar-refractivity contribution in [2.45, 2.75) is 19.6 Å². The number of aromatic nitrogens is 2. The van der Waals surface area contributed by atoms with Gasteiger partial charge in [-0.3, -0.25) is 19.1 Å². The second-order valence-electron chi connectivity index (χ2n) is 11.0. The number of nitrogens with zero attached hydrogens (tertiary/aromatic N) is 3. The minimum Gasteiger partial charge on any atom is -0.497 e. The van der Waals surface area contributed by atoms with Crippen molar-refractivity contribution < 1.29 is 18.3 Å². The molecular weight excluding hydrogens is 622 g/mol. The van der Waals surface area contributed by atoms with E-state index in [2.05, 4.69) is 10.2 Å². The summed E-state index contributed by atoms with van der Waals surface area (Å²) in [6.45, 7) is 0.446. The molecule has 1 N–H and O–H groups in total. The number of methoxy groups -OCH3 is 1. The highest BCUT2D eigenvalue weighted by atomic mass is 32.1. The van der Waals surface area contributed by atoms with Gasteiger partial charge in [-0.1, -0.05) is 54.6 Å². The van der Waals surface area contributed by atoms with E-state index in [-0.39, 0.29) is 21.5 Å². The van der Waals surface area contributed by atoms with E-state index < -0.39 is 29.4 Å². The van der Waals surface area contributed by atoms with E-state index in [0.29, 0.717) is 41.4 Å². The number of fused-ring (bicyclic) bond motifs is 1. The third kappa shape index (κ3) is 6.35. The van der Waals surface area contributed by atoms with E-state index in [9.17, 15) is 14.4 Å². The van der Waals surface area contributed by atoms with Gasteiger partial charge < -0.3 is 10.1 Å². The van der Waals surface area contributed by atoms with Crippen molar-refractivity contribution in [1.29, 1.82) is 0 Å². The van der Waals surface area contributed by atoms with Crippen molar-refractivity contribution in [2.24, 2.45) is 0 Å². The first-order valence-corrected chi connectivity index (χ1v) is 15.5. The van der Waals surface area contributed by atoms with E-state index >= 15 is 8.78 Å². The summed E-state index contributed by atoms with van der Waals surface area (Å²) in [5, 5.41) is 2.88. The van der Waals surface area contributed by atoms with Crippen molar-refractivity contribution in [1.82, 2.24) is 14.0 Å². The van der Waals surface area contributed by atoms with Gasteiger partial charge in [-0.25, -0.2) is 18.1 Å². The number of ether oxygens (including phenoxy) is 1. The molecule has 6 rings (SSSR count). The van der Waals surface area contributed by atoms with Crippen LogP contribution in [0.25, 0.3) is 26.3 Å². The van der Waals surface area contributed by atoms with Crippen molar-refractivity contribution in [2.75, 3.05) is 19.5 Å². The summed E-state index contributed by atoms with van der Waals surface area (Å²) in [6.07, 6.45) is 0.583. The van der Waals surface area contributed by atoms with Crippen LogP contribution < -0.4 is 21.3 Å². The van der Waals surface area contributed by atoms with Crippen LogP contribution in [0, 0.1) is 11.6 Å². The Bertz CT molecular complexity index is 2170. The molecule has 0 saturated carbocycles. The van der Waals surface area contributed by atoms with Crippen molar-refractivity contribution >= 4 is 33.7 Å². The Morgan fingerprint density at radius 2 is 1.57 bits per heavy atom. The standard InChI is InChI=1S/C36H30F2N4O4S/c1-40(19-23-8-4-3-5-9-23)20-29-32-34(44)42(26-10-6-11-27(18-26)46-2)36(45)41(21-28-30(37)12-7-13-31(28)38)35(32)47-33(29)24-14-16-25(17-15-24)39-22-43/h3-18,22H,19-21H2,1-2H3,(H,39,43). The maximum absolute atomic E-state index is 15.0. The van der Waals surface area contributed by atoms with Crippen molar-refractivity contribution in [3.8, 4) is 21.9 Å². The van der Waals surface area contributed by atoms with Crippen molar-refractivity contribution in [3.05, 3.63) is 146 Å². The van der Waals surface area contributed by atoms with Gasteiger partial charge in [-0.2, -0.15) is 0 Å². The molecule has 4 aromatic carbocycles. The molecule has 0 spiro atoms. The molecule has 238 valence electrons. The first-order valence-electron chi connectivity index (χ1n) is 14.7. The average Bonchev–Trinajstić information content (AvgIpc) is 3.44. The lowest BCUT2D eigenvalue weighted by Gasteiger charge is -2.18. The normalized spacial score (nSPS) is 11.3. The van der Waals surface area contributed by atoms with Crippen LogP contribution >= 0.6 is 11.3 Å². The van der Waals surface area contributed by atoms with E-state index in [4.69, 9.17) is 4.74 Å². The lowest BCUT2D eigenvalue weighted by atomic mass is 10.1. The first-order chi connectivity index (χ1) is 22.8. The fourth-order valence-electron chi connectivity index (χ4n) is 5.62. The van der Waals surface area contributed by atoms with Crippen LogP contribution in [0.15, 0.2) is 107 Å². The predicted molar refractivity (Wildman–Crippen MR) is 180 cm³/mol. The molecule has 0 aliphatic heterocycles. The number of benzene rings is 4. The third-order valence-corrected chi connectivity index (χ3v) is 9.16. The molecular formula is C36H30F2N4O4S. The number of amides is 1. The summed E-state index contributed by atoms with van der Waals surface area (Å²) in [5.41, 5.74) is 1.70. The molecule has 0 saturated heterocycles. The lowest BCUT2D eigenvalue weighted by molar-refractivity contribution is -0.105. The Hall–Kier alpha value is -5.39. The van der Waals surface area contributed by atoms with Crippen LogP contribution in [-0.4, -0.2) is 34.6 Å². The van der Waals surface area contributed by atoms with Gasteiger partial charge in [0.1, 0.15) is 22.2 Å². The number of hydrogen-bond donors (Lipinski definition) is 1. The number of hydrogen-bond acceptors (Lipinski definition) is 6. The van der Waals surface area contributed by atoms with Crippen molar-refractivity contribution in [3.63, 3.8) is 0 Å². The van der Waals surface area contributed by atoms with Gasteiger partial charge in [-0.05, 0) is 60.1 Å². The Balaban J connectivity index is 1.64. The molecule has 0 fully saturated rings. The highest BCUT2D eigenvalue weighted by Crippen LogP contribution is 2.39. The molecule has 6 aromatic rings. The van der Waals surface area contributed by atoms with Gasteiger partial charge in [0.25, 0.3) is 5.56 Å². The smallest absolute Gasteiger partial charge is 0.337 e. The number of anilines is 1. The molecule has 0 aliphatic rings. The Kier molecular flexibility index (Phi) is 9.10. The summed E-state index contributed by atoms with van der Waals surface area (Å²) >= 11 is 1.21. The number of nitrogens with one attached hydrogen (secondary N) is 1. The van der Waals surface area contributed by atoms with Crippen LogP contribution in [-0.2, 0) is 24.4 Å². The van der Waals surface area contributed by atoms with E-state index in [1.54, 1.807) is 36.4 Å². The Labute approximate surface area is 272 Å². The quantitative estimate of drug-likeness (QED) is 0.164. The van der Waals surface area contributed by atoms with Gasteiger partial charge in [0.15, 0.2) is 0 Å². The zero-order valence-corrected chi connectivity index (χ0v) is 26.4. The number of halogens is 2. The molecule has 0 unspecified atom stereocenters. The first kappa shape index (κ1) is 31.6. The molecule has 47 heavy (non-hydrogen) atoms. The van der Waals surface area contributed by atoms with Crippen LogP contribution in [0.2, 0.25) is 0 Å². The molecule has 0 aliphatic carbocycles. The maximum Gasteiger partial charge on any atom is 0.337 e. The molecule has 0 bridgehead atoms. The molecule has 2 heterocycles. The molecule has 11 heteroatoms. The van der Waals surface area contributed by atoms with E-state index in [0.717, 1.165) is 27.8 Å². The van der Waals surface area contributed by atoms with Gasteiger partial charge in [0.05, 0.1) is 24.7 Å². The molecule has 8 nitrogen and oxygen atoms in total. The SMILES string of the molecule is COc1cccc(-n2c(=O)c3c(CN(C)Cc4ccccc4)c(-c4ccc(NC=O)cc4)sc3n(Cc3c(F)cccc3F)c2=O)c1. The average molecular weight is 653 g/mol. The van der Waals surface area contributed by atoms with Crippen LogP contribution in [0.4, 0.5) is 14.5 Å². The summed E-state index contributed by atoms with van der Waals surface area (Å²) in [6, 6.07) is 27.0. The zero-order chi connectivity index (χ0) is 33.1. The number of carbonyl (C=O) groups is 1. The summed E-state index contributed by atoms with van der Waals surface area (Å²) in [4.78, 5) is 42.9. The minimum absolute atomic E-state index is 0.254. The number of thiophene rings is 1. The highest BCUT2D eigenvalue weighted by molar-refractivity contribution is 7.22. The van der Waals surface area contributed by atoms with Gasteiger partial charge in [0, 0.05) is 35.3 Å². The minimum atomic E-state index is -0.804. The van der Waals surface area contributed by atoms with Crippen LogP contribution in [0.5, 0.6) is 5.75 Å². The predicted octanol–water partition coefficient (Wildman–Crippen LogP) is 6.42. The number of carbonyl (C=O) groups excluding carboxylic acids is 1. The Morgan fingerprint density at radius 1 is 0.872 bits per heavy atom. The third-order valence-electron chi connectivity index (χ3n) is 7.86. The molecule has 2 aromatic heterocycles. The molecule has 1 amide bonds. The van der Waals surface area contributed by atoms with E-state index in [1.807, 2.05) is 49.5 Å². The fraction of sp³-hybridized carbons (Fsp3) is 0.139. The van der Waals surface area contributed by atoms with Crippen LogP contribution in [0.3, 0.4) is 0 Å². The van der Waals surface area contributed by atoms with Gasteiger partial charge >= 0.3 is 5.69 Å². The van der Waals surface area contributed by atoms with Crippen LogP contribution in [0.1, 0.15) is 16.7 Å². The maximum atomic E-state index is 15.0. The summed E-state index contributed by atoms with van der Waals surface area (Å²) in [7, 11) is 3.41. The fourth-order valence-corrected chi connectivity index (χ4v) is 6.92. The zero-order valence-electron chi connectivity index (χ0n) is 25.6. The summed E-state index contributed by atoms with van der Waals surface area (Å²) in [5.74, 6) is -1.18. The second kappa shape index (κ2) is 13.5. The monoisotopic (exact) mass is 652 g/mol. The number of rotatable bonds is 11.